The van der Waals surface area contributed by atoms with Crippen LogP contribution in [0.4, 0.5) is 4.79 Å². The lowest BCUT2D eigenvalue weighted by Gasteiger charge is -2.66. The Balaban J connectivity index is 1.50. The molecule has 2 saturated carbocycles. The summed E-state index contributed by atoms with van der Waals surface area (Å²) >= 11 is 0. The topological polar surface area (TPSA) is 57.2 Å². The van der Waals surface area contributed by atoms with Crippen LogP contribution < -0.4 is 9.47 Å². The third-order valence-corrected chi connectivity index (χ3v) is 9.35. The fourth-order valence-corrected chi connectivity index (χ4v) is 7.93. The van der Waals surface area contributed by atoms with E-state index >= 15 is 0 Å². The van der Waals surface area contributed by atoms with Gasteiger partial charge in [-0.3, -0.25) is 4.90 Å². The van der Waals surface area contributed by atoms with Gasteiger partial charge in [0.2, 0.25) is 0 Å². The SMILES string of the molecule is CCOC(=O)Oc1ccc2c3c1O[C@H]1C(OC)CCC4(CC)C(C2)N(CC2CC2)CC[C@]314. The number of ether oxygens (including phenoxy) is 4. The Morgan fingerprint density at radius 2 is 2.06 bits per heavy atom. The van der Waals surface area contributed by atoms with Crippen LogP contribution in [-0.4, -0.2) is 56.1 Å². The average molecular weight is 442 g/mol. The van der Waals surface area contributed by atoms with E-state index in [1.807, 2.05) is 13.2 Å². The highest BCUT2D eigenvalue weighted by Gasteiger charge is 2.72. The summed E-state index contributed by atoms with van der Waals surface area (Å²) in [6, 6.07) is 4.62. The number of hydrogen-bond acceptors (Lipinski definition) is 6. The van der Waals surface area contributed by atoms with Gasteiger partial charge < -0.3 is 18.9 Å². The molecule has 5 aliphatic rings. The van der Waals surface area contributed by atoms with Crippen LogP contribution in [0.3, 0.4) is 0 Å². The van der Waals surface area contributed by atoms with E-state index in [1.165, 1.54) is 30.5 Å². The van der Waals surface area contributed by atoms with Gasteiger partial charge in [0.1, 0.15) is 6.10 Å². The molecule has 174 valence electrons. The van der Waals surface area contributed by atoms with Crippen LogP contribution in [0.15, 0.2) is 12.1 Å². The number of piperidine rings is 1. The average Bonchev–Trinajstić information content (AvgIpc) is 3.54. The van der Waals surface area contributed by atoms with Crippen molar-refractivity contribution in [1.82, 2.24) is 4.90 Å². The van der Waals surface area contributed by atoms with Crippen LogP contribution in [0.5, 0.6) is 11.5 Å². The lowest BCUT2D eigenvalue weighted by Crippen LogP contribution is -2.73. The minimum atomic E-state index is -0.669. The molecule has 1 aromatic carbocycles. The molecule has 1 saturated heterocycles. The van der Waals surface area contributed by atoms with Gasteiger partial charge in [-0.15, -0.1) is 0 Å². The minimum Gasteiger partial charge on any atom is -0.483 e. The first-order chi connectivity index (χ1) is 15.6. The molecular weight excluding hydrogens is 406 g/mol. The van der Waals surface area contributed by atoms with Gasteiger partial charge in [0.25, 0.3) is 0 Å². The Bertz CT molecular complexity index is 929. The summed E-state index contributed by atoms with van der Waals surface area (Å²) in [6.45, 7) is 6.80. The molecule has 3 aliphatic carbocycles. The Morgan fingerprint density at radius 1 is 1.22 bits per heavy atom. The molecule has 0 amide bonds. The molecule has 1 aromatic rings. The Kier molecular flexibility index (Phi) is 4.78. The molecular formula is C26H35NO5. The maximum atomic E-state index is 12.2. The van der Waals surface area contributed by atoms with Crippen molar-refractivity contribution in [3.8, 4) is 11.5 Å². The number of hydrogen-bond donors (Lipinski definition) is 0. The zero-order chi connectivity index (χ0) is 22.1. The number of likely N-dealkylation sites (tertiary alicyclic amines) is 1. The minimum absolute atomic E-state index is 0.0345. The molecule has 6 rings (SSSR count). The molecule has 5 atom stereocenters. The summed E-state index contributed by atoms with van der Waals surface area (Å²) in [4.78, 5) is 15.0. The van der Waals surface area contributed by atoms with E-state index in [4.69, 9.17) is 18.9 Å². The maximum Gasteiger partial charge on any atom is 0.513 e. The molecule has 6 heteroatoms. The number of carbonyl (C=O) groups excluding carboxylic acids is 1. The van der Waals surface area contributed by atoms with E-state index < -0.39 is 6.16 Å². The molecule has 2 bridgehead atoms. The normalized spacial score (nSPS) is 36.9. The second-order valence-electron chi connectivity index (χ2n) is 10.5. The van der Waals surface area contributed by atoms with Crippen LogP contribution in [0.2, 0.25) is 0 Å². The van der Waals surface area contributed by atoms with Gasteiger partial charge in [0.15, 0.2) is 11.5 Å². The molecule has 3 fully saturated rings. The van der Waals surface area contributed by atoms with E-state index in [1.54, 1.807) is 6.92 Å². The van der Waals surface area contributed by atoms with Crippen LogP contribution >= 0.6 is 0 Å². The molecule has 2 heterocycles. The Labute approximate surface area is 190 Å². The molecule has 1 spiro atoms. The van der Waals surface area contributed by atoms with Crippen LogP contribution in [-0.2, 0) is 21.3 Å². The molecule has 0 N–H and O–H groups in total. The number of carbonyl (C=O) groups is 1. The third kappa shape index (κ3) is 2.62. The van der Waals surface area contributed by atoms with Crippen molar-refractivity contribution in [2.24, 2.45) is 11.3 Å². The van der Waals surface area contributed by atoms with Crippen LogP contribution in [0, 0.1) is 11.3 Å². The van der Waals surface area contributed by atoms with Gasteiger partial charge >= 0.3 is 6.16 Å². The largest absolute Gasteiger partial charge is 0.513 e. The molecule has 0 aromatic heterocycles. The number of benzene rings is 1. The van der Waals surface area contributed by atoms with Gasteiger partial charge in [-0.2, -0.15) is 0 Å². The van der Waals surface area contributed by atoms with Crippen LogP contribution in [0.1, 0.15) is 63.5 Å². The fraction of sp³-hybridized carbons (Fsp3) is 0.731. The van der Waals surface area contributed by atoms with Gasteiger partial charge in [-0.25, -0.2) is 4.79 Å². The van der Waals surface area contributed by atoms with Crippen molar-refractivity contribution < 1.29 is 23.7 Å². The standard InChI is InChI=1S/C26H35NO5/c1-4-25-11-10-19(29-3)23-26(25)12-13-27(15-16-6-7-16)20(25)14-17-8-9-18(22(32-23)21(17)26)31-24(28)30-5-2/h8-9,16,19-20,23H,4-7,10-15H2,1-3H3/t19?,20?,23-,25?,26-/m0/s1. The zero-order valence-corrected chi connectivity index (χ0v) is 19.5. The van der Waals surface area contributed by atoms with Crippen molar-refractivity contribution in [1.29, 1.82) is 0 Å². The molecule has 6 nitrogen and oxygen atoms in total. The first kappa shape index (κ1) is 20.8. The predicted octanol–water partition coefficient (Wildman–Crippen LogP) is 4.47. The third-order valence-electron chi connectivity index (χ3n) is 9.35. The number of methoxy groups -OCH3 is 1. The molecule has 0 radical (unpaired) electrons. The highest BCUT2D eigenvalue weighted by Crippen LogP contribution is 2.70. The monoisotopic (exact) mass is 441 g/mol. The summed E-state index contributed by atoms with van der Waals surface area (Å²) in [5, 5.41) is 0. The van der Waals surface area contributed by atoms with Gasteiger partial charge in [0, 0.05) is 30.7 Å². The van der Waals surface area contributed by atoms with Gasteiger partial charge in [-0.05, 0) is 81.4 Å². The Hall–Kier alpha value is -1.79. The summed E-state index contributed by atoms with van der Waals surface area (Å²) in [5.41, 5.74) is 2.75. The Morgan fingerprint density at radius 3 is 2.78 bits per heavy atom. The van der Waals surface area contributed by atoms with E-state index in [-0.39, 0.29) is 29.6 Å². The van der Waals surface area contributed by atoms with Gasteiger partial charge in [-0.1, -0.05) is 13.0 Å². The van der Waals surface area contributed by atoms with Crippen LogP contribution in [0.25, 0.3) is 0 Å². The number of rotatable bonds is 6. The lowest BCUT2D eigenvalue weighted by atomic mass is 9.42. The second-order valence-corrected chi connectivity index (χ2v) is 10.5. The van der Waals surface area contributed by atoms with E-state index in [2.05, 4.69) is 17.9 Å². The zero-order valence-electron chi connectivity index (χ0n) is 19.5. The van der Waals surface area contributed by atoms with E-state index in [9.17, 15) is 4.79 Å². The highest BCUT2D eigenvalue weighted by atomic mass is 16.7. The molecule has 3 unspecified atom stereocenters. The maximum absolute atomic E-state index is 12.2. The fourth-order valence-electron chi connectivity index (χ4n) is 7.93. The first-order valence-electron chi connectivity index (χ1n) is 12.5. The highest BCUT2D eigenvalue weighted by molar-refractivity contribution is 5.69. The summed E-state index contributed by atoms with van der Waals surface area (Å²) < 4.78 is 23.5. The van der Waals surface area contributed by atoms with Crippen molar-refractivity contribution in [2.75, 3.05) is 26.8 Å². The second kappa shape index (κ2) is 7.36. The van der Waals surface area contributed by atoms with Crippen molar-refractivity contribution in [3.05, 3.63) is 23.3 Å². The van der Waals surface area contributed by atoms with E-state index in [0.29, 0.717) is 11.8 Å². The molecule has 32 heavy (non-hydrogen) atoms. The quantitative estimate of drug-likeness (QED) is 0.480. The summed E-state index contributed by atoms with van der Waals surface area (Å²) in [6.07, 6.45) is 7.58. The summed E-state index contributed by atoms with van der Waals surface area (Å²) in [7, 11) is 1.81. The predicted molar refractivity (Wildman–Crippen MR) is 119 cm³/mol. The summed E-state index contributed by atoms with van der Waals surface area (Å²) in [5.74, 6) is 2.14. The van der Waals surface area contributed by atoms with Crippen molar-refractivity contribution in [2.45, 2.75) is 82.5 Å². The number of nitrogens with zero attached hydrogens (tertiary/aromatic N) is 1. The van der Waals surface area contributed by atoms with E-state index in [0.717, 1.165) is 50.3 Å². The smallest absolute Gasteiger partial charge is 0.483 e. The van der Waals surface area contributed by atoms with Crippen molar-refractivity contribution in [3.63, 3.8) is 0 Å². The lowest BCUT2D eigenvalue weighted by molar-refractivity contribution is -0.169. The van der Waals surface area contributed by atoms with Crippen molar-refractivity contribution >= 4 is 6.16 Å². The van der Waals surface area contributed by atoms with Gasteiger partial charge in [0.05, 0.1) is 12.7 Å². The molecule has 2 aliphatic heterocycles. The first-order valence-corrected chi connectivity index (χ1v) is 12.5.